The highest BCUT2D eigenvalue weighted by molar-refractivity contribution is 5.78. The maximum Gasteiger partial charge on any atom is 0.209 e. The summed E-state index contributed by atoms with van der Waals surface area (Å²) < 4.78 is 5.77. The smallest absolute Gasteiger partial charge is 0.209 e. The zero-order valence-corrected chi connectivity index (χ0v) is 22.3. The summed E-state index contributed by atoms with van der Waals surface area (Å²) in [6.07, 6.45) is 10.3. The number of unbranched alkanes of at least 4 members (excludes halogenated alkanes) is 5. The van der Waals surface area contributed by atoms with E-state index in [0.29, 0.717) is 12.5 Å². The van der Waals surface area contributed by atoms with E-state index < -0.39 is 0 Å². The van der Waals surface area contributed by atoms with Crippen molar-refractivity contribution in [2.24, 2.45) is 10.7 Å². The van der Waals surface area contributed by atoms with Gasteiger partial charge in [-0.15, -0.1) is 4.99 Å². The van der Waals surface area contributed by atoms with Crippen molar-refractivity contribution in [3.63, 3.8) is 0 Å². The lowest BCUT2D eigenvalue weighted by Gasteiger charge is -2.34. The summed E-state index contributed by atoms with van der Waals surface area (Å²) in [5.74, 6) is 1.28. The first-order chi connectivity index (χ1) is 18.2. The first kappa shape index (κ1) is 28.5. The summed E-state index contributed by atoms with van der Waals surface area (Å²) in [6.45, 7) is 9.30. The Morgan fingerprint density at radius 3 is 2.03 bits per heavy atom. The third kappa shape index (κ3) is 11.7. The fraction of sp³-hybridized carbons (Fsp3) is 0.533. The van der Waals surface area contributed by atoms with Crippen molar-refractivity contribution in [1.82, 2.24) is 14.7 Å². The normalized spacial score (nSPS) is 14.8. The second-order valence-electron chi connectivity index (χ2n) is 9.80. The molecular formula is C30H44N6O. The van der Waals surface area contributed by atoms with Crippen LogP contribution in [0.25, 0.3) is 0 Å². The van der Waals surface area contributed by atoms with Crippen molar-refractivity contribution in [2.45, 2.75) is 51.5 Å². The maximum absolute atomic E-state index is 8.90. The molecule has 0 aromatic heterocycles. The average Bonchev–Trinajstić information content (AvgIpc) is 2.94. The average molecular weight is 505 g/mol. The van der Waals surface area contributed by atoms with Crippen LogP contribution in [0.5, 0.6) is 5.75 Å². The molecule has 1 aliphatic rings. The molecule has 7 nitrogen and oxygen atoms in total. The maximum atomic E-state index is 8.90. The lowest BCUT2D eigenvalue weighted by atomic mass is 10.1. The van der Waals surface area contributed by atoms with Crippen molar-refractivity contribution < 1.29 is 4.74 Å². The number of para-hydroxylation sites is 1. The van der Waals surface area contributed by atoms with Crippen molar-refractivity contribution in [1.29, 1.82) is 5.26 Å². The van der Waals surface area contributed by atoms with E-state index in [2.05, 4.69) is 26.9 Å². The molecule has 0 bridgehead atoms. The number of piperazine rings is 1. The Labute approximate surface area is 223 Å². The fourth-order valence-corrected chi connectivity index (χ4v) is 4.75. The van der Waals surface area contributed by atoms with Gasteiger partial charge in [-0.25, -0.2) is 0 Å². The van der Waals surface area contributed by atoms with Crippen LogP contribution in [0, 0.1) is 11.5 Å². The van der Waals surface area contributed by atoms with Crippen LogP contribution >= 0.6 is 0 Å². The Morgan fingerprint density at radius 2 is 1.38 bits per heavy atom. The number of hydrogen-bond donors (Lipinski definition) is 1. The number of ether oxygens (including phenoxy) is 1. The van der Waals surface area contributed by atoms with Gasteiger partial charge in [0.15, 0.2) is 0 Å². The Balaban J connectivity index is 1.19. The van der Waals surface area contributed by atoms with E-state index >= 15 is 0 Å². The lowest BCUT2D eigenvalue weighted by molar-refractivity contribution is 0.128. The third-order valence-corrected chi connectivity index (χ3v) is 6.95. The standard InChI is InChI=1S/C30H44N6O/c31-27-33-30(32)36(26-28-14-6-4-7-15-28)20-12-11-19-35-23-21-34(22-24-35)18-10-2-1-3-13-25-37-29-16-8-5-9-17-29/h4-9,14-17H,1-3,10-13,18-26H2,(H2,32,33). The molecule has 1 heterocycles. The van der Waals surface area contributed by atoms with E-state index in [9.17, 15) is 0 Å². The van der Waals surface area contributed by atoms with Gasteiger partial charge < -0.3 is 25.2 Å². The largest absolute Gasteiger partial charge is 0.494 e. The second kappa shape index (κ2) is 17.4. The van der Waals surface area contributed by atoms with Crippen LogP contribution in [0.2, 0.25) is 0 Å². The summed E-state index contributed by atoms with van der Waals surface area (Å²) in [5.41, 5.74) is 7.22. The Morgan fingerprint density at radius 1 is 0.811 bits per heavy atom. The van der Waals surface area contributed by atoms with Gasteiger partial charge in [-0.05, 0) is 56.5 Å². The predicted molar refractivity (Wildman–Crippen MR) is 151 cm³/mol. The van der Waals surface area contributed by atoms with Crippen LogP contribution in [-0.4, -0.2) is 73.1 Å². The van der Waals surface area contributed by atoms with E-state index in [1.165, 1.54) is 50.9 Å². The number of guanidine groups is 1. The van der Waals surface area contributed by atoms with Gasteiger partial charge in [0, 0.05) is 39.3 Å². The molecule has 0 radical (unpaired) electrons. The molecular weight excluding hydrogens is 460 g/mol. The molecule has 0 amide bonds. The van der Waals surface area contributed by atoms with Gasteiger partial charge in [-0.3, -0.25) is 0 Å². The molecule has 3 rings (SSSR count). The van der Waals surface area contributed by atoms with Crippen LogP contribution in [0.15, 0.2) is 65.7 Å². The fourth-order valence-electron chi connectivity index (χ4n) is 4.75. The number of rotatable bonds is 16. The quantitative estimate of drug-likeness (QED) is 0.154. The molecule has 0 saturated carbocycles. The van der Waals surface area contributed by atoms with Crippen molar-refractivity contribution in [2.75, 3.05) is 52.4 Å². The van der Waals surface area contributed by atoms with Gasteiger partial charge in [0.25, 0.3) is 0 Å². The van der Waals surface area contributed by atoms with Gasteiger partial charge >= 0.3 is 0 Å². The van der Waals surface area contributed by atoms with Crippen molar-refractivity contribution in [3.05, 3.63) is 66.2 Å². The van der Waals surface area contributed by atoms with E-state index in [4.69, 9.17) is 15.7 Å². The number of nitrogens with zero attached hydrogens (tertiary/aromatic N) is 5. The summed E-state index contributed by atoms with van der Waals surface area (Å²) in [4.78, 5) is 11.0. The molecule has 2 N–H and O–H groups in total. The molecule has 0 atom stereocenters. The Bertz CT molecular complexity index is 922. The molecule has 0 spiro atoms. The number of nitrogens with two attached hydrogens (primary N) is 1. The zero-order valence-electron chi connectivity index (χ0n) is 22.3. The SMILES string of the molecule is N#CN=C(N)N(CCCCN1CCN(CCCCCCCOc2ccccc2)CC1)Cc1ccccc1. The predicted octanol–water partition coefficient (Wildman–Crippen LogP) is 4.71. The number of nitriles is 1. The first-order valence-electron chi connectivity index (χ1n) is 13.9. The van der Waals surface area contributed by atoms with Gasteiger partial charge in [-0.1, -0.05) is 67.8 Å². The van der Waals surface area contributed by atoms with Gasteiger partial charge in [0.05, 0.1) is 6.61 Å². The topological polar surface area (TPSA) is 81.1 Å². The van der Waals surface area contributed by atoms with E-state index in [-0.39, 0.29) is 0 Å². The zero-order chi connectivity index (χ0) is 26.0. The van der Waals surface area contributed by atoms with E-state index in [1.807, 2.05) is 59.6 Å². The minimum atomic E-state index is 0.306. The summed E-state index contributed by atoms with van der Waals surface area (Å²) in [6, 6.07) is 20.3. The molecule has 0 unspecified atom stereocenters. The number of hydrogen-bond acceptors (Lipinski definition) is 5. The number of benzene rings is 2. The molecule has 1 aliphatic heterocycles. The van der Waals surface area contributed by atoms with Gasteiger partial charge in [0.1, 0.15) is 5.75 Å². The first-order valence-corrected chi connectivity index (χ1v) is 13.9. The highest BCUT2D eigenvalue weighted by Gasteiger charge is 2.16. The molecule has 7 heteroatoms. The van der Waals surface area contributed by atoms with Gasteiger partial charge in [-0.2, -0.15) is 5.26 Å². The monoisotopic (exact) mass is 504 g/mol. The highest BCUT2D eigenvalue weighted by atomic mass is 16.5. The minimum Gasteiger partial charge on any atom is -0.494 e. The van der Waals surface area contributed by atoms with Gasteiger partial charge in [0.2, 0.25) is 12.2 Å². The highest BCUT2D eigenvalue weighted by Crippen LogP contribution is 2.12. The Kier molecular flexibility index (Phi) is 13.4. The number of aliphatic imine (C=N–C) groups is 1. The van der Waals surface area contributed by atoms with Crippen LogP contribution in [-0.2, 0) is 6.54 Å². The second-order valence-corrected chi connectivity index (χ2v) is 9.80. The molecule has 2 aromatic carbocycles. The van der Waals surface area contributed by atoms with Crippen LogP contribution < -0.4 is 10.5 Å². The molecule has 0 aliphatic carbocycles. The van der Waals surface area contributed by atoms with Crippen LogP contribution in [0.3, 0.4) is 0 Å². The molecule has 1 saturated heterocycles. The summed E-state index contributed by atoms with van der Waals surface area (Å²) >= 11 is 0. The van der Waals surface area contributed by atoms with E-state index in [0.717, 1.165) is 57.8 Å². The minimum absolute atomic E-state index is 0.306. The molecule has 2 aromatic rings. The Hall–Kier alpha value is -3.08. The molecule has 1 fully saturated rings. The summed E-state index contributed by atoms with van der Waals surface area (Å²) in [5, 5.41) is 8.90. The molecule has 200 valence electrons. The third-order valence-electron chi connectivity index (χ3n) is 6.95. The van der Waals surface area contributed by atoms with Crippen LogP contribution in [0.4, 0.5) is 0 Å². The molecule has 37 heavy (non-hydrogen) atoms. The lowest BCUT2D eigenvalue weighted by Crippen LogP contribution is -2.46. The van der Waals surface area contributed by atoms with Crippen molar-refractivity contribution >= 4 is 5.96 Å². The van der Waals surface area contributed by atoms with E-state index in [1.54, 1.807) is 0 Å². The van der Waals surface area contributed by atoms with Crippen LogP contribution in [0.1, 0.15) is 50.5 Å². The summed E-state index contributed by atoms with van der Waals surface area (Å²) in [7, 11) is 0. The van der Waals surface area contributed by atoms with Crippen molar-refractivity contribution in [3.8, 4) is 11.9 Å².